The average molecular weight is 242 g/mol. The van der Waals surface area contributed by atoms with Crippen LogP contribution in [0.3, 0.4) is 0 Å². The predicted octanol–water partition coefficient (Wildman–Crippen LogP) is 3.92. The Bertz CT molecular complexity index is 174. The molecule has 0 aromatic rings. The first-order valence-corrected chi connectivity index (χ1v) is 7.51. The lowest BCUT2D eigenvalue weighted by atomic mass is 9.76. The summed E-state index contributed by atoms with van der Waals surface area (Å²) in [5, 5.41) is 9.56. The number of aliphatic hydroxyl groups is 1. The average Bonchev–Trinajstić information content (AvgIpc) is 2.39. The fourth-order valence-corrected chi connectivity index (χ4v) is 2.75. The number of ether oxygens (including phenoxy) is 1. The van der Waals surface area contributed by atoms with Crippen LogP contribution in [0.15, 0.2) is 0 Å². The molecule has 0 aromatic carbocycles. The number of rotatable bonds is 9. The highest BCUT2D eigenvalue weighted by molar-refractivity contribution is 4.81. The highest BCUT2D eigenvalue weighted by Gasteiger charge is 2.30. The molecule has 1 aliphatic heterocycles. The molecule has 1 N–H and O–H groups in total. The van der Waals surface area contributed by atoms with Crippen LogP contribution >= 0.6 is 0 Å². The molecular weight excluding hydrogens is 212 g/mol. The molecule has 2 nitrogen and oxygen atoms in total. The van der Waals surface area contributed by atoms with Crippen LogP contribution in [0.2, 0.25) is 0 Å². The second-order valence-electron chi connectivity index (χ2n) is 5.64. The van der Waals surface area contributed by atoms with Crippen LogP contribution in [-0.4, -0.2) is 24.9 Å². The van der Waals surface area contributed by atoms with Gasteiger partial charge in [-0.05, 0) is 24.7 Å². The molecule has 102 valence electrons. The summed E-state index contributed by atoms with van der Waals surface area (Å²) < 4.78 is 5.39. The molecule has 1 saturated heterocycles. The lowest BCUT2D eigenvalue weighted by Gasteiger charge is -2.35. The maximum atomic E-state index is 9.56. The Hall–Kier alpha value is -0.0800. The van der Waals surface area contributed by atoms with Gasteiger partial charge < -0.3 is 9.84 Å². The molecule has 1 aliphatic rings. The first-order chi connectivity index (χ1) is 8.33. The van der Waals surface area contributed by atoms with E-state index in [2.05, 4.69) is 6.92 Å². The molecule has 1 fully saturated rings. The van der Waals surface area contributed by atoms with E-state index in [-0.39, 0.29) is 5.41 Å². The van der Waals surface area contributed by atoms with Crippen LogP contribution in [-0.2, 0) is 4.74 Å². The van der Waals surface area contributed by atoms with Gasteiger partial charge in [0.2, 0.25) is 0 Å². The van der Waals surface area contributed by atoms with E-state index < -0.39 is 0 Å². The van der Waals surface area contributed by atoms with Crippen LogP contribution in [0.4, 0.5) is 0 Å². The number of unbranched alkanes of at least 4 members (excludes halogenated alkanes) is 6. The third-order valence-corrected chi connectivity index (χ3v) is 4.20. The summed E-state index contributed by atoms with van der Waals surface area (Å²) >= 11 is 0. The van der Waals surface area contributed by atoms with E-state index in [0.29, 0.717) is 6.61 Å². The molecule has 1 rings (SSSR count). The number of aliphatic hydroxyl groups excluding tert-OH is 1. The third kappa shape index (κ3) is 5.87. The first-order valence-electron chi connectivity index (χ1n) is 7.51. The Kier molecular flexibility index (Phi) is 7.87. The van der Waals surface area contributed by atoms with Crippen LogP contribution in [0.5, 0.6) is 0 Å². The van der Waals surface area contributed by atoms with Gasteiger partial charge in [0.1, 0.15) is 0 Å². The maximum Gasteiger partial charge on any atom is 0.0489 e. The van der Waals surface area contributed by atoms with E-state index in [1.807, 2.05) is 0 Å². The van der Waals surface area contributed by atoms with Gasteiger partial charge in [-0.2, -0.15) is 0 Å². The van der Waals surface area contributed by atoms with E-state index >= 15 is 0 Å². The predicted molar refractivity (Wildman–Crippen MR) is 72.2 cm³/mol. The Morgan fingerprint density at radius 2 is 1.53 bits per heavy atom. The summed E-state index contributed by atoms with van der Waals surface area (Å²) in [6, 6.07) is 0. The van der Waals surface area contributed by atoms with Crippen molar-refractivity contribution >= 4 is 0 Å². The standard InChI is InChI=1S/C15H30O2/c1-2-3-4-5-6-7-8-9-15(14-16)10-12-17-13-11-15/h16H,2-14H2,1H3. The Morgan fingerprint density at radius 1 is 0.941 bits per heavy atom. The topological polar surface area (TPSA) is 29.5 Å². The second-order valence-corrected chi connectivity index (χ2v) is 5.64. The molecule has 0 aromatic heterocycles. The lowest BCUT2D eigenvalue weighted by molar-refractivity contribution is -0.0218. The molecule has 0 unspecified atom stereocenters. The molecule has 0 bridgehead atoms. The van der Waals surface area contributed by atoms with Crippen molar-refractivity contribution in [3.8, 4) is 0 Å². The van der Waals surface area contributed by atoms with Gasteiger partial charge in [-0.1, -0.05) is 51.9 Å². The molecule has 0 amide bonds. The molecule has 0 spiro atoms. The molecule has 17 heavy (non-hydrogen) atoms. The molecule has 0 atom stereocenters. The van der Waals surface area contributed by atoms with Crippen molar-refractivity contribution in [1.82, 2.24) is 0 Å². The van der Waals surface area contributed by atoms with Crippen LogP contribution in [0, 0.1) is 5.41 Å². The van der Waals surface area contributed by atoms with Gasteiger partial charge in [-0.15, -0.1) is 0 Å². The van der Waals surface area contributed by atoms with E-state index in [1.165, 1.54) is 51.4 Å². The molecule has 0 saturated carbocycles. The van der Waals surface area contributed by atoms with Crippen molar-refractivity contribution < 1.29 is 9.84 Å². The van der Waals surface area contributed by atoms with Crippen molar-refractivity contribution in [2.24, 2.45) is 5.41 Å². The minimum absolute atomic E-state index is 0.196. The SMILES string of the molecule is CCCCCCCCCC1(CO)CCOCC1. The Labute approximate surface area is 107 Å². The molecule has 2 heteroatoms. The van der Waals surface area contributed by atoms with E-state index in [0.717, 1.165) is 26.1 Å². The first kappa shape index (κ1) is 15.0. The van der Waals surface area contributed by atoms with Gasteiger partial charge in [-0.3, -0.25) is 0 Å². The summed E-state index contributed by atoms with van der Waals surface area (Å²) in [6.45, 7) is 4.30. The number of hydrogen-bond acceptors (Lipinski definition) is 2. The van der Waals surface area contributed by atoms with E-state index in [4.69, 9.17) is 4.74 Å². The zero-order valence-corrected chi connectivity index (χ0v) is 11.5. The van der Waals surface area contributed by atoms with Gasteiger partial charge >= 0.3 is 0 Å². The minimum atomic E-state index is 0.196. The van der Waals surface area contributed by atoms with Crippen molar-refractivity contribution in [1.29, 1.82) is 0 Å². The fourth-order valence-electron chi connectivity index (χ4n) is 2.75. The van der Waals surface area contributed by atoms with Gasteiger partial charge in [0.25, 0.3) is 0 Å². The van der Waals surface area contributed by atoms with Crippen LogP contribution < -0.4 is 0 Å². The van der Waals surface area contributed by atoms with Crippen molar-refractivity contribution in [2.75, 3.05) is 19.8 Å². The summed E-state index contributed by atoms with van der Waals surface area (Å²) in [5.41, 5.74) is 0.196. The van der Waals surface area contributed by atoms with Crippen molar-refractivity contribution in [3.05, 3.63) is 0 Å². The van der Waals surface area contributed by atoms with Gasteiger partial charge in [0, 0.05) is 19.8 Å². The molecule has 0 aliphatic carbocycles. The minimum Gasteiger partial charge on any atom is -0.396 e. The van der Waals surface area contributed by atoms with Crippen LogP contribution in [0.1, 0.15) is 71.1 Å². The fraction of sp³-hybridized carbons (Fsp3) is 1.00. The molecule has 0 radical (unpaired) electrons. The smallest absolute Gasteiger partial charge is 0.0489 e. The summed E-state index contributed by atoms with van der Waals surface area (Å²) in [4.78, 5) is 0. The molecular formula is C15H30O2. The zero-order chi connectivity index (χ0) is 12.4. The summed E-state index contributed by atoms with van der Waals surface area (Å²) in [7, 11) is 0. The van der Waals surface area contributed by atoms with E-state index in [9.17, 15) is 5.11 Å². The third-order valence-electron chi connectivity index (χ3n) is 4.20. The number of hydrogen-bond donors (Lipinski definition) is 1. The Morgan fingerprint density at radius 3 is 2.12 bits per heavy atom. The second kappa shape index (κ2) is 8.93. The van der Waals surface area contributed by atoms with Crippen molar-refractivity contribution in [3.63, 3.8) is 0 Å². The highest BCUT2D eigenvalue weighted by atomic mass is 16.5. The molecule has 1 heterocycles. The normalized spacial score (nSPS) is 19.4. The monoisotopic (exact) mass is 242 g/mol. The Balaban J connectivity index is 2.03. The highest BCUT2D eigenvalue weighted by Crippen LogP contribution is 2.35. The van der Waals surface area contributed by atoms with Gasteiger partial charge in [0.15, 0.2) is 0 Å². The largest absolute Gasteiger partial charge is 0.396 e. The van der Waals surface area contributed by atoms with Gasteiger partial charge in [0.05, 0.1) is 0 Å². The zero-order valence-electron chi connectivity index (χ0n) is 11.5. The van der Waals surface area contributed by atoms with Crippen LogP contribution in [0.25, 0.3) is 0 Å². The summed E-state index contributed by atoms with van der Waals surface area (Å²) in [5.74, 6) is 0. The van der Waals surface area contributed by atoms with Gasteiger partial charge in [-0.25, -0.2) is 0 Å². The lowest BCUT2D eigenvalue weighted by Crippen LogP contribution is -2.32. The maximum absolute atomic E-state index is 9.56. The quantitative estimate of drug-likeness (QED) is 0.621. The van der Waals surface area contributed by atoms with E-state index in [1.54, 1.807) is 0 Å². The summed E-state index contributed by atoms with van der Waals surface area (Å²) in [6.07, 6.45) is 12.8. The van der Waals surface area contributed by atoms with Crippen molar-refractivity contribution in [2.45, 2.75) is 71.1 Å².